The highest BCUT2D eigenvalue weighted by Crippen LogP contribution is 2.36. The molecule has 0 atom stereocenters. The molecule has 0 heterocycles. The van der Waals surface area contributed by atoms with Gasteiger partial charge in [0, 0.05) is 0 Å². The van der Waals surface area contributed by atoms with E-state index in [1.807, 2.05) is 12.1 Å². The van der Waals surface area contributed by atoms with Crippen molar-refractivity contribution in [2.45, 2.75) is 43.9 Å². The lowest BCUT2D eigenvalue weighted by Gasteiger charge is -2.14. The number of phenols is 1. The maximum atomic E-state index is 11.5. The van der Waals surface area contributed by atoms with Crippen LogP contribution in [0.4, 0.5) is 0 Å². The third-order valence-electron chi connectivity index (χ3n) is 3.71. The average molecular weight is 350 g/mol. The zero-order valence-electron chi connectivity index (χ0n) is 13.6. The van der Waals surface area contributed by atoms with Crippen molar-refractivity contribution in [1.82, 2.24) is 0 Å². The van der Waals surface area contributed by atoms with Crippen LogP contribution in [0, 0.1) is 0 Å². The van der Waals surface area contributed by atoms with Crippen LogP contribution in [0.5, 0.6) is 17.2 Å². The molecule has 0 saturated heterocycles. The minimum atomic E-state index is -4.60. The molecular weight excluding hydrogens is 328 g/mol. The molecule has 2 aromatic rings. The van der Waals surface area contributed by atoms with Crippen LogP contribution in [0.15, 0.2) is 47.4 Å². The Kier molecular flexibility index (Phi) is 6.23. The molecule has 0 radical (unpaired) electrons. The standard InChI is InChI=1S/C18H22O5S/c1-2-3-4-5-9-14-10-6-7-12-16(14)23-17-13-8-11-15(19)18(17)24(20,21)22/h6-8,10-13,19H,2-5,9H2,1H3,(H,20,21,22). The summed E-state index contributed by atoms with van der Waals surface area (Å²) in [4.78, 5) is -0.620. The van der Waals surface area contributed by atoms with Gasteiger partial charge in [-0.3, -0.25) is 4.55 Å². The highest BCUT2D eigenvalue weighted by molar-refractivity contribution is 7.86. The van der Waals surface area contributed by atoms with Crippen LogP contribution in [-0.2, 0) is 16.5 Å². The molecule has 0 aromatic heterocycles. The van der Waals surface area contributed by atoms with Gasteiger partial charge < -0.3 is 9.84 Å². The van der Waals surface area contributed by atoms with E-state index in [9.17, 15) is 18.1 Å². The second-order valence-electron chi connectivity index (χ2n) is 5.60. The Morgan fingerprint density at radius 2 is 1.67 bits per heavy atom. The summed E-state index contributed by atoms with van der Waals surface area (Å²) in [5.74, 6) is -0.126. The first kappa shape index (κ1) is 18.3. The van der Waals surface area contributed by atoms with Gasteiger partial charge in [0.2, 0.25) is 0 Å². The molecule has 130 valence electrons. The number of phenolic OH excluding ortho intramolecular Hbond substituents is 1. The van der Waals surface area contributed by atoms with Crippen molar-refractivity contribution in [2.24, 2.45) is 0 Å². The summed E-state index contributed by atoms with van der Waals surface area (Å²) in [5.41, 5.74) is 0.957. The Labute approximate surface area is 142 Å². The van der Waals surface area contributed by atoms with Crippen molar-refractivity contribution in [3.8, 4) is 17.2 Å². The Hall–Kier alpha value is -2.05. The minimum absolute atomic E-state index is 0.0986. The van der Waals surface area contributed by atoms with Crippen LogP contribution in [0.2, 0.25) is 0 Å². The zero-order valence-corrected chi connectivity index (χ0v) is 14.4. The molecule has 6 heteroatoms. The summed E-state index contributed by atoms with van der Waals surface area (Å²) < 4.78 is 38.1. The highest BCUT2D eigenvalue weighted by atomic mass is 32.2. The lowest BCUT2D eigenvalue weighted by Crippen LogP contribution is -2.02. The van der Waals surface area contributed by atoms with Crippen LogP contribution in [0.3, 0.4) is 0 Å². The molecule has 0 spiro atoms. The molecule has 0 saturated carbocycles. The number of para-hydroxylation sites is 1. The normalized spacial score (nSPS) is 11.4. The fourth-order valence-corrected chi connectivity index (χ4v) is 3.21. The summed E-state index contributed by atoms with van der Waals surface area (Å²) in [6.07, 6.45) is 5.27. The lowest BCUT2D eigenvalue weighted by molar-refractivity contribution is 0.413. The third-order valence-corrected chi connectivity index (χ3v) is 4.63. The largest absolute Gasteiger partial charge is 0.506 e. The van der Waals surface area contributed by atoms with Crippen molar-refractivity contribution in [3.63, 3.8) is 0 Å². The summed E-state index contributed by atoms with van der Waals surface area (Å²) >= 11 is 0. The monoisotopic (exact) mass is 350 g/mol. The number of aromatic hydroxyl groups is 1. The quantitative estimate of drug-likeness (QED) is 0.539. The van der Waals surface area contributed by atoms with Crippen molar-refractivity contribution >= 4 is 10.1 Å². The maximum Gasteiger partial charge on any atom is 0.301 e. The van der Waals surface area contributed by atoms with E-state index in [4.69, 9.17) is 4.74 Å². The molecule has 0 aliphatic heterocycles. The molecule has 5 nitrogen and oxygen atoms in total. The van der Waals surface area contributed by atoms with Gasteiger partial charge in [-0.25, -0.2) is 0 Å². The number of hydrogen-bond acceptors (Lipinski definition) is 4. The van der Waals surface area contributed by atoms with Gasteiger partial charge in [0.1, 0.15) is 11.5 Å². The van der Waals surface area contributed by atoms with Crippen molar-refractivity contribution < 1.29 is 22.8 Å². The molecule has 0 unspecified atom stereocenters. The van der Waals surface area contributed by atoms with Crippen LogP contribution < -0.4 is 4.74 Å². The van der Waals surface area contributed by atoms with E-state index in [1.54, 1.807) is 12.1 Å². The molecule has 0 fully saturated rings. The summed E-state index contributed by atoms with van der Waals surface area (Å²) in [5, 5.41) is 9.76. The Morgan fingerprint density at radius 1 is 0.958 bits per heavy atom. The second-order valence-corrected chi connectivity index (χ2v) is 6.96. The Balaban J connectivity index is 2.28. The number of hydrogen-bond donors (Lipinski definition) is 2. The maximum absolute atomic E-state index is 11.5. The molecule has 0 aliphatic rings. The highest BCUT2D eigenvalue weighted by Gasteiger charge is 2.22. The van der Waals surface area contributed by atoms with E-state index in [0.717, 1.165) is 31.2 Å². The van der Waals surface area contributed by atoms with Gasteiger partial charge in [0.05, 0.1) is 0 Å². The first-order chi connectivity index (χ1) is 11.4. The second kappa shape index (κ2) is 8.17. The van der Waals surface area contributed by atoms with Gasteiger partial charge in [-0.15, -0.1) is 0 Å². The predicted octanol–water partition coefficient (Wildman–Crippen LogP) is 4.55. The van der Waals surface area contributed by atoms with E-state index in [-0.39, 0.29) is 5.75 Å². The first-order valence-electron chi connectivity index (χ1n) is 7.98. The van der Waals surface area contributed by atoms with E-state index >= 15 is 0 Å². The van der Waals surface area contributed by atoms with Crippen LogP contribution in [0.25, 0.3) is 0 Å². The Bertz CT molecular complexity index is 784. The number of unbranched alkanes of at least 4 members (excludes halogenated alkanes) is 3. The number of rotatable bonds is 8. The molecule has 0 aliphatic carbocycles. The SMILES string of the molecule is CCCCCCc1ccccc1Oc1cccc(O)c1S(=O)(=O)O. The molecule has 2 N–H and O–H groups in total. The van der Waals surface area contributed by atoms with Crippen LogP contribution in [-0.4, -0.2) is 18.1 Å². The van der Waals surface area contributed by atoms with Crippen LogP contribution in [0.1, 0.15) is 38.2 Å². The van der Waals surface area contributed by atoms with Crippen LogP contribution >= 0.6 is 0 Å². The fraction of sp³-hybridized carbons (Fsp3) is 0.333. The molecule has 2 aromatic carbocycles. The predicted molar refractivity (Wildman–Crippen MR) is 92.3 cm³/mol. The van der Waals surface area contributed by atoms with Crippen molar-refractivity contribution in [3.05, 3.63) is 48.0 Å². The first-order valence-corrected chi connectivity index (χ1v) is 9.42. The van der Waals surface area contributed by atoms with Gasteiger partial charge in [0.15, 0.2) is 10.6 Å². The number of benzene rings is 2. The molecule has 0 amide bonds. The third kappa shape index (κ3) is 4.72. The van der Waals surface area contributed by atoms with Crippen molar-refractivity contribution in [1.29, 1.82) is 0 Å². The van der Waals surface area contributed by atoms with E-state index in [0.29, 0.717) is 5.75 Å². The number of ether oxygens (including phenoxy) is 1. The van der Waals surface area contributed by atoms with Gasteiger partial charge in [-0.05, 0) is 36.6 Å². The summed E-state index contributed by atoms with van der Waals surface area (Å²) in [7, 11) is -4.60. The molecule has 24 heavy (non-hydrogen) atoms. The van der Waals surface area contributed by atoms with Crippen molar-refractivity contribution in [2.75, 3.05) is 0 Å². The van der Waals surface area contributed by atoms with Gasteiger partial charge in [0.25, 0.3) is 0 Å². The van der Waals surface area contributed by atoms with E-state index < -0.39 is 20.8 Å². The zero-order chi connectivity index (χ0) is 17.6. The topological polar surface area (TPSA) is 83.8 Å². The number of aryl methyl sites for hydroxylation is 1. The smallest absolute Gasteiger partial charge is 0.301 e. The fourth-order valence-electron chi connectivity index (χ4n) is 2.51. The molecule has 2 rings (SSSR count). The average Bonchev–Trinajstić information content (AvgIpc) is 2.52. The van der Waals surface area contributed by atoms with Gasteiger partial charge in [-0.2, -0.15) is 8.42 Å². The summed E-state index contributed by atoms with van der Waals surface area (Å²) in [6.45, 7) is 2.15. The lowest BCUT2D eigenvalue weighted by atomic mass is 10.1. The minimum Gasteiger partial charge on any atom is -0.506 e. The summed E-state index contributed by atoms with van der Waals surface area (Å²) in [6, 6.07) is 11.4. The molecular formula is C18H22O5S. The molecule has 0 bridgehead atoms. The van der Waals surface area contributed by atoms with Gasteiger partial charge in [-0.1, -0.05) is 50.5 Å². The van der Waals surface area contributed by atoms with E-state index in [2.05, 4.69) is 6.92 Å². The van der Waals surface area contributed by atoms with Gasteiger partial charge >= 0.3 is 10.1 Å². The Morgan fingerprint density at radius 3 is 2.38 bits per heavy atom. The van der Waals surface area contributed by atoms with E-state index in [1.165, 1.54) is 24.6 Å².